The molecule has 3 nitrogen and oxygen atoms in total. The van der Waals surface area contributed by atoms with Gasteiger partial charge in [0.25, 0.3) is 0 Å². The van der Waals surface area contributed by atoms with Crippen molar-refractivity contribution in [2.24, 2.45) is 0 Å². The van der Waals surface area contributed by atoms with Crippen molar-refractivity contribution in [2.45, 2.75) is 6.42 Å². The monoisotopic (exact) mass is 247 g/mol. The van der Waals surface area contributed by atoms with Crippen LogP contribution in [0.4, 0.5) is 0 Å². The van der Waals surface area contributed by atoms with Gasteiger partial charge in [0.2, 0.25) is 0 Å². The summed E-state index contributed by atoms with van der Waals surface area (Å²) < 4.78 is 0. The summed E-state index contributed by atoms with van der Waals surface area (Å²) in [7, 11) is 0. The summed E-state index contributed by atoms with van der Waals surface area (Å²) in [5.74, 6) is 0.760. The van der Waals surface area contributed by atoms with Crippen LogP contribution < -0.4 is 0 Å². The van der Waals surface area contributed by atoms with Crippen LogP contribution >= 0.6 is 0 Å². The summed E-state index contributed by atoms with van der Waals surface area (Å²) in [6.45, 7) is 0. The minimum absolute atomic E-state index is 0.760. The number of hydrogen-bond acceptors (Lipinski definition) is 3. The minimum atomic E-state index is 0.760. The van der Waals surface area contributed by atoms with Gasteiger partial charge in [0.05, 0.1) is 0 Å². The third kappa shape index (κ3) is 2.83. The Bertz CT molecular complexity index is 634. The first kappa shape index (κ1) is 11.5. The molecule has 92 valence electrons. The maximum atomic E-state index is 4.41. The van der Waals surface area contributed by atoms with Gasteiger partial charge in [-0.25, -0.2) is 9.97 Å². The first-order chi connectivity index (χ1) is 9.42. The van der Waals surface area contributed by atoms with Gasteiger partial charge >= 0.3 is 0 Å². The smallest absolute Gasteiger partial charge is 0.159 e. The highest BCUT2D eigenvalue weighted by Crippen LogP contribution is 2.14. The van der Waals surface area contributed by atoms with Crippen molar-refractivity contribution >= 4 is 0 Å². The van der Waals surface area contributed by atoms with Crippen LogP contribution in [0, 0.1) is 0 Å². The molecule has 0 unspecified atom stereocenters. The fraction of sp³-hybridized carbons (Fsp3) is 0.0625. The molecule has 0 saturated carbocycles. The molecule has 0 aliphatic carbocycles. The summed E-state index contributed by atoms with van der Waals surface area (Å²) in [5.41, 5.74) is 3.29. The van der Waals surface area contributed by atoms with Crippen molar-refractivity contribution < 1.29 is 0 Å². The van der Waals surface area contributed by atoms with Gasteiger partial charge in [0.15, 0.2) is 5.82 Å². The molecular formula is C16H13N3. The van der Waals surface area contributed by atoms with Crippen molar-refractivity contribution in [3.8, 4) is 11.4 Å². The number of nitrogens with zero attached hydrogens (tertiary/aromatic N) is 3. The first-order valence-corrected chi connectivity index (χ1v) is 6.17. The van der Waals surface area contributed by atoms with Crippen LogP contribution in [0.5, 0.6) is 0 Å². The Morgan fingerprint density at radius 1 is 0.737 bits per heavy atom. The van der Waals surface area contributed by atoms with Gasteiger partial charge in [-0.2, -0.15) is 0 Å². The van der Waals surface area contributed by atoms with Crippen LogP contribution in [0.25, 0.3) is 11.4 Å². The van der Waals surface area contributed by atoms with E-state index in [0.717, 1.165) is 23.4 Å². The lowest BCUT2D eigenvalue weighted by Gasteiger charge is -2.03. The van der Waals surface area contributed by atoms with E-state index < -0.39 is 0 Å². The highest BCUT2D eigenvalue weighted by molar-refractivity contribution is 5.54. The number of aromatic nitrogens is 3. The van der Waals surface area contributed by atoms with Gasteiger partial charge in [0, 0.05) is 36.8 Å². The second-order valence-electron chi connectivity index (χ2n) is 4.32. The quantitative estimate of drug-likeness (QED) is 0.713. The van der Waals surface area contributed by atoms with Crippen molar-refractivity contribution in [3.63, 3.8) is 0 Å². The molecule has 2 heterocycles. The highest BCUT2D eigenvalue weighted by atomic mass is 14.9. The fourth-order valence-corrected chi connectivity index (χ4v) is 1.92. The molecule has 0 atom stereocenters. The van der Waals surface area contributed by atoms with E-state index in [1.807, 2.05) is 55.0 Å². The second-order valence-corrected chi connectivity index (χ2v) is 4.32. The normalized spacial score (nSPS) is 10.3. The number of hydrogen-bond donors (Lipinski definition) is 0. The zero-order valence-electron chi connectivity index (χ0n) is 10.4. The van der Waals surface area contributed by atoms with Crippen molar-refractivity contribution in [3.05, 3.63) is 78.4 Å². The van der Waals surface area contributed by atoms with E-state index in [0.29, 0.717) is 0 Å². The molecule has 0 fully saturated rings. The minimum Gasteiger partial charge on any atom is -0.264 e. The Morgan fingerprint density at radius 3 is 2.21 bits per heavy atom. The van der Waals surface area contributed by atoms with E-state index in [2.05, 4.69) is 21.0 Å². The highest BCUT2D eigenvalue weighted by Gasteiger charge is 2.01. The first-order valence-electron chi connectivity index (χ1n) is 6.17. The van der Waals surface area contributed by atoms with Crippen LogP contribution in [-0.2, 0) is 6.42 Å². The summed E-state index contributed by atoms with van der Waals surface area (Å²) >= 11 is 0. The third-order valence-corrected chi connectivity index (χ3v) is 2.87. The van der Waals surface area contributed by atoms with E-state index in [-0.39, 0.29) is 0 Å². The van der Waals surface area contributed by atoms with E-state index in [1.165, 1.54) is 5.56 Å². The molecule has 3 aromatic rings. The molecule has 3 rings (SSSR count). The average Bonchev–Trinajstić information content (AvgIpc) is 2.50. The lowest BCUT2D eigenvalue weighted by molar-refractivity contribution is 1.07. The molecule has 19 heavy (non-hydrogen) atoms. The van der Waals surface area contributed by atoms with Crippen molar-refractivity contribution in [1.82, 2.24) is 15.0 Å². The number of benzene rings is 1. The molecule has 2 aromatic heterocycles. The van der Waals surface area contributed by atoms with Gasteiger partial charge < -0.3 is 0 Å². The van der Waals surface area contributed by atoms with Crippen LogP contribution in [-0.4, -0.2) is 15.0 Å². The molecule has 0 spiro atoms. The Hall–Kier alpha value is -2.55. The predicted octanol–water partition coefficient (Wildman–Crippen LogP) is 3.13. The lowest BCUT2D eigenvalue weighted by Crippen LogP contribution is -1.94. The molecule has 1 aromatic carbocycles. The van der Waals surface area contributed by atoms with Gasteiger partial charge in [-0.3, -0.25) is 4.98 Å². The molecule has 0 N–H and O–H groups in total. The topological polar surface area (TPSA) is 38.7 Å². The van der Waals surface area contributed by atoms with E-state index in [4.69, 9.17) is 0 Å². The number of pyridine rings is 1. The molecule has 0 aliphatic rings. The van der Waals surface area contributed by atoms with Gasteiger partial charge in [-0.15, -0.1) is 0 Å². The van der Waals surface area contributed by atoms with Gasteiger partial charge in [-0.1, -0.05) is 36.4 Å². The zero-order chi connectivity index (χ0) is 12.9. The molecule has 0 saturated heterocycles. The Labute approximate surface area is 112 Å². The zero-order valence-corrected chi connectivity index (χ0v) is 10.4. The fourth-order valence-electron chi connectivity index (χ4n) is 1.92. The molecule has 0 aliphatic heterocycles. The SMILES string of the molecule is c1ccc(-c2ncc(Cc3cccnc3)cn2)cc1. The summed E-state index contributed by atoms with van der Waals surface area (Å²) in [5, 5.41) is 0. The predicted molar refractivity (Wildman–Crippen MR) is 74.5 cm³/mol. The van der Waals surface area contributed by atoms with E-state index >= 15 is 0 Å². The van der Waals surface area contributed by atoms with Gasteiger partial charge in [0.1, 0.15) is 0 Å². The van der Waals surface area contributed by atoms with Crippen molar-refractivity contribution in [2.75, 3.05) is 0 Å². The summed E-state index contributed by atoms with van der Waals surface area (Å²) in [6.07, 6.45) is 8.21. The van der Waals surface area contributed by atoms with Crippen LogP contribution in [0.1, 0.15) is 11.1 Å². The third-order valence-electron chi connectivity index (χ3n) is 2.87. The summed E-state index contributed by atoms with van der Waals surface area (Å²) in [6, 6.07) is 14.0. The molecule has 0 amide bonds. The van der Waals surface area contributed by atoms with Crippen LogP contribution in [0.15, 0.2) is 67.3 Å². The molecule has 3 heteroatoms. The van der Waals surface area contributed by atoms with Crippen LogP contribution in [0.2, 0.25) is 0 Å². The molecule has 0 radical (unpaired) electrons. The van der Waals surface area contributed by atoms with Crippen LogP contribution in [0.3, 0.4) is 0 Å². The lowest BCUT2D eigenvalue weighted by atomic mass is 10.1. The standard InChI is InChI=1S/C16H13N3/c1-2-6-15(7-3-1)16-18-11-14(12-19-16)9-13-5-4-8-17-10-13/h1-8,10-12H,9H2. The Balaban J connectivity index is 1.80. The maximum Gasteiger partial charge on any atom is 0.159 e. The molecular weight excluding hydrogens is 234 g/mol. The Kier molecular flexibility index (Phi) is 3.28. The number of rotatable bonds is 3. The van der Waals surface area contributed by atoms with E-state index in [1.54, 1.807) is 6.20 Å². The summed E-state index contributed by atoms with van der Waals surface area (Å²) in [4.78, 5) is 12.9. The maximum absolute atomic E-state index is 4.41. The largest absolute Gasteiger partial charge is 0.264 e. The van der Waals surface area contributed by atoms with Gasteiger partial charge in [-0.05, 0) is 17.2 Å². The van der Waals surface area contributed by atoms with Crippen molar-refractivity contribution in [1.29, 1.82) is 0 Å². The average molecular weight is 247 g/mol. The second kappa shape index (κ2) is 5.40. The Morgan fingerprint density at radius 2 is 1.53 bits per heavy atom. The van der Waals surface area contributed by atoms with E-state index in [9.17, 15) is 0 Å². The molecule has 0 bridgehead atoms.